The molecule has 2 N–H and O–H groups in total. The third-order valence-corrected chi connectivity index (χ3v) is 6.93. The van der Waals surface area contributed by atoms with Crippen LogP contribution in [-0.4, -0.2) is 13.7 Å². The van der Waals surface area contributed by atoms with Crippen LogP contribution in [0.15, 0.2) is 23.1 Å². The molecule has 0 aliphatic heterocycles. The van der Waals surface area contributed by atoms with Crippen LogP contribution in [0.3, 0.4) is 0 Å². The van der Waals surface area contributed by atoms with E-state index in [1.807, 2.05) is 6.92 Å². The maximum Gasteiger partial charge on any atom is 0.181 e. The van der Waals surface area contributed by atoms with Gasteiger partial charge in [-0.25, -0.2) is 8.42 Å². The summed E-state index contributed by atoms with van der Waals surface area (Å²) in [6, 6.07) is 5.08. The lowest BCUT2D eigenvalue weighted by atomic mass is 10.0. The minimum absolute atomic E-state index is 0.153. The quantitative estimate of drug-likeness (QED) is 0.836. The Morgan fingerprint density at radius 2 is 2.00 bits per heavy atom. The molecule has 0 radical (unpaired) electrons. The van der Waals surface area contributed by atoms with E-state index in [-0.39, 0.29) is 5.25 Å². The van der Waals surface area contributed by atoms with Crippen LogP contribution in [0.1, 0.15) is 31.2 Å². The molecule has 3 atom stereocenters. The summed E-state index contributed by atoms with van der Waals surface area (Å²) in [4.78, 5) is 0.451. The van der Waals surface area contributed by atoms with Gasteiger partial charge in [-0.05, 0) is 61.8 Å². The van der Waals surface area contributed by atoms with Gasteiger partial charge in [-0.15, -0.1) is 0 Å². The minimum Gasteiger partial charge on any atom is -0.399 e. The van der Waals surface area contributed by atoms with Gasteiger partial charge in [0.25, 0.3) is 0 Å². The second-order valence-corrected chi connectivity index (χ2v) is 7.94. The molecule has 1 aromatic carbocycles. The molecule has 0 aromatic heterocycles. The number of hydrogen-bond acceptors (Lipinski definition) is 3. The molecule has 3 rings (SSSR count). The topological polar surface area (TPSA) is 60.2 Å². The predicted molar refractivity (Wildman–Crippen MR) is 72.0 cm³/mol. The summed E-state index contributed by atoms with van der Waals surface area (Å²) < 4.78 is 25.3. The first kappa shape index (κ1) is 12.0. The van der Waals surface area contributed by atoms with Gasteiger partial charge < -0.3 is 5.73 Å². The molecule has 1 aromatic rings. The highest BCUT2D eigenvalue weighted by Crippen LogP contribution is 2.48. The van der Waals surface area contributed by atoms with E-state index in [0.29, 0.717) is 22.4 Å². The number of rotatable bonds is 2. The number of sulfone groups is 1. The van der Waals surface area contributed by atoms with Crippen LogP contribution in [0.25, 0.3) is 0 Å². The number of hydrogen-bond donors (Lipinski definition) is 1. The number of fused-ring (bicyclic) bond motifs is 2. The lowest BCUT2D eigenvalue weighted by Gasteiger charge is -2.22. The third kappa shape index (κ3) is 1.74. The van der Waals surface area contributed by atoms with E-state index < -0.39 is 9.84 Å². The highest BCUT2D eigenvalue weighted by atomic mass is 32.2. The van der Waals surface area contributed by atoms with Crippen LogP contribution in [0, 0.1) is 18.8 Å². The molecule has 0 spiro atoms. The van der Waals surface area contributed by atoms with E-state index in [2.05, 4.69) is 0 Å². The molecular weight excluding hydrogens is 246 g/mol. The van der Waals surface area contributed by atoms with Gasteiger partial charge in [0.05, 0.1) is 10.1 Å². The van der Waals surface area contributed by atoms with Gasteiger partial charge >= 0.3 is 0 Å². The van der Waals surface area contributed by atoms with Crippen LogP contribution in [0.5, 0.6) is 0 Å². The number of aryl methyl sites for hydroxylation is 1. The summed E-state index contributed by atoms with van der Waals surface area (Å²) >= 11 is 0. The number of nitrogens with two attached hydrogens (primary N) is 1. The maximum atomic E-state index is 12.6. The Morgan fingerprint density at radius 3 is 2.56 bits per heavy atom. The molecule has 3 nitrogen and oxygen atoms in total. The number of anilines is 1. The van der Waals surface area contributed by atoms with Crippen LogP contribution in [0.4, 0.5) is 5.69 Å². The zero-order valence-electron chi connectivity index (χ0n) is 10.6. The van der Waals surface area contributed by atoms with E-state index in [1.54, 1.807) is 18.2 Å². The highest BCUT2D eigenvalue weighted by molar-refractivity contribution is 7.92. The largest absolute Gasteiger partial charge is 0.399 e. The van der Waals surface area contributed by atoms with Crippen molar-refractivity contribution in [2.24, 2.45) is 11.8 Å². The van der Waals surface area contributed by atoms with E-state index in [1.165, 1.54) is 6.42 Å². The highest BCUT2D eigenvalue weighted by Gasteiger charge is 2.46. The SMILES string of the molecule is Cc1cc(S(=O)(=O)C2CC3CCC2C3)ccc1N. The van der Waals surface area contributed by atoms with Crippen LogP contribution in [-0.2, 0) is 9.84 Å². The van der Waals surface area contributed by atoms with Gasteiger partial charge in [-0.3, -0.25) is 0 Å². The van der Waals surface area contributed by atoms with Crippen molar-refractivity contribution in [3.8, 4) is 0 Å². The molecule has 98 valence electrons. The van der Waals surface area contributed by atoms with Crippen molar-refractivity contribution in [3.05, 3.63) is 23.8 Å². The molecule has 2 bridgehead atoms. The Hall–Kier alpha value is -1.03. The molecule has 0 amide bonds. The van der Waals surface area contributed by atoms with Gasteiger partial charge in [-0.1, -0.05) is 6.42 Å². The molecule has 0 heterocycles. The van der Waals surface area contributed by atoms with Crippen molar-refractivity contribution in [1.82, 2.24) is 0 Å². The van der Waals surface area contributed by atoms with Crippen LogP contribution in [0.2, 0.25) is 0 Å². The number of nitrogen functional groups attached to an aromatic ring is 1. The summed E-state index contributed by atoms with van der Waals surface area (Å²) in [5.41, 5.74) is 7.25. The predicted octanol–water partition coefficient (Wildman–Crippen LogP) is 2.54. The Balaban J connectivity index is 1.97. The standard InChI is InChI=1S/C14H19NO2S/c1-9-6-12(4-5-13(9)15)18(16,17)14-8-10-2-3-11(14)7-10/h4-6,10-11,14H,2-3,7-8,15H2,1H3. The molecule has 18 heavy (non-hydrogen) atoms. The second kappa shape index (κ2) is 3.98. The van der Waals surface area contributed by atoms with Crippen molar-refractivity contribution < 1.29 is 8.42 Å². The van der Waals surface area contributed by atoms with E-state index in [9.17, 15) is 8.42 Å². The molecule has 2 saturated carbocycles. The average molecular weight is 265 g/mol. The van der Waals surface area contributed by atoms with Crippen molar-refractivity contribution in [3.63, 3.8) is 0 Å². The fourth-order valence-corrected chi connectivity index (χ4v) is 5.79. The van der Waals surface area contributed by atoms with Gasteiger partial charge in [0, 0.05) is 5.69 Å². The molecule has 0 saturated heterocycles. The van der Waals surface area contributed by atoms with E-state index in [0.717, 1.165) is 24.8 Å². The molecule has 3 unspecified atom stereocenters. The van der Waals surface area contributed by atoms with Gasteiger partial charge in [-0.2, -0.15) is 0 Å². The maximum absolute atomic E-state index is 12.6. The van der Waals surface area contributed by atoms with Gasteiger partial charge in [0.1, 0.15) is 0 Å². The summed E-state index contributed by atoms with van der Waals surface area (Å²) in [5, 5.41) is -0.153. The first-order chi connectivity index (χ1) is 8.48. The summed E-state index contributed by atoms with van der Waals surface area (Å²) in [6.45, 7) is 1.86. The lowest BCUT2D eigenvalue weighted by molar-refractivity contribution is 0.465. The first-order valence-electron chi connectivity index (χ1n) is 6.58. The van der Waals surface area contributed by atoms with Gasteiger partial charge in [0.15, 0.2) is 9.84 Å². The van der Waals surface area contributed by atoms with E-state index >= 15 is 0 Å². The Morgan fingerprint density at radius 1 is 1.22 bits per heavy atom. The molecule has 4 heteroatoms. The monoisotopic (exact) mass is 265 g/mol. The molecular formula is C14H19NO2S. The zero-order chi connectivity index (χ0) is 12.9. The lowest BCUT2D eigenvalue weighted by Crippen LogP contribution is -2.27. The summed E-state index contributed by atoms with van der Waals surface area (Å²) in [7, 11) is -3.16. The van der Waals surface area contributed by atoms with Crippen molar-refractivity contribution in [2.75, 3.05) is 5.73 Å². The van der Waals surface area contributed by atoms with Crippen molar-refractivity contribution in [1.29, 1.82) is 0 Å². The first-order valence-corrected chi connectivity index (χ1v) is 8.13. The fourth-order valence-electron chi connectivity index (χ4n) is 3.57. The van der Waals surface area contributed by atoms with Crippen molar-refractivity contribution >= 4 is 15.5 Å². The fraction of sp³-hybridized carbons (Fsp3) is 0.571. The van der Waals surface area contributed by atoms with E-state index in [4.69, 9.17) is 5.73 Å². The Bertz CT molecular complexity index is 579. The van der Waals surface area contributed by atoms with Crippen LogP contribution < -0.4 is 5.73 Å². The zero-order valence-corrected chi connectivity index (χ0v) is 11.4. The minimum atomic E-state index is -3.16. The summed E-state index contributed by atoms with van der Waals surface area (Å²) in [6.07, 6.45) is 4.27. The Labute approximate surface area is 108 Å². The normalized spacial score (nSPS) is 30.8. The molecule has 2 fully saturated rings. The summed E-state index contributed by atoms with van der Waals surface area (Å²) in [5.74, 6) is 1.03. The average Bonchev–Trinajstić information content (AvgIpc) is 2.94. The Kier molecular flexibility index (Phi) is 2.66. The smallest absolute Gasteiger partial charge is 0.181 e. The number of benzene rings is 1. The second-order valence-electron chi connectivity index (χ2n) is 5.78. The van der Waals surface area contributed by atoms with Gasteiger partial charge in [0.2, 0.25) is 0 Å². The molecule has 2 aliphatic rings. The third-order valence-electron chi connectivity index (χ3n) is 4.64. The van der Waals surface area contributed by atoms with Crippen LogP contribution >= 0.6 is 0 Å². The van der Waals surface area contributed by atoms with Crippen molar-refractivity contribution in [2.45, 2.75) is 42.8 Å². The molecule has 2 aliphatic carbocycles.